The summed E-state index contributed by atoms with van der Waals surface area (Å²) in [6, 6.07) is 7.57. The van der Waals surface area contributed by atoms with Gasteiger partial charge in [0.15, 0.2) is 0 Å². The molecule has 1 saturated carbocycles. The fourth-order valence-electron chi connectivity index (χ4n) is 2.87. The summed E-state index contributed by atoms with van der Waals surface area (Å²) < 4.78 is 0. The molecule has 1 aliphatic carbocycles. The second kappa shape index (κ2) is 4.68. The molecule has 0 aromatic heterocycles. The van der Waals surface area contributed by atoms with Gasteiger partial charge in [-0.15, -0.1) is 0 Å². The van der Waals surface area contributed by atoms with Crippen molar-refractivity contribution >= 4 is 11.9 Å². The molecule has 1 aliphatic heterocycles. The van der Waals surface area contributed by atoms with Crippen molar-refractivity contribution in [3.05, 3.63) is 35.4 Å². The molecule has 1 fully saturated rings. The normalized spacial score (nSPS) is 21.9. The van der Waals surface area contributed by atoms with Crippen molar-refractivity contribution in [2.75, 3.05) is 6.54 Å². The molecule has 1 N–H and O–H groups in total. The SMILES string of the molecule is O=C(O)C[C@H]1c2ccccc2CCN1C(=O)C1CC1. The van der Waals surface area contributed by atoms with Gasteiger partial charge in [-0.1, -0.05) is 24.3 Å². The number of carbonyl (C=O) groups excluding carboxylic acids is 1. The first-order valence-electron chi connectivity index (χ1n) is 6.77. The van der Waals surface area contributed by atoms with E-state index in [-0.39, 0.29) is 24.3 Å². The predicted octanol–water partition coefficient (Wildman–Crippen LogP) is 2.00. The van der Waals surface area contributed by atoms with E-state index in [1.54, 1.807) is 4.90 Å². The van der Waals surface area contributed by atoms with Gasteiger partial charge in [0.05, 0.1) is 12.5 Å². The smallest absolute Gasteiger partial charge is 0.305 e. The molecule has 3 rings (SSSR count). The van der Waals surface area contributed by atoms with Crippen molar-refractivity contribution < 1.29 is 14.7 Å². The molecule has 1 amide bonds. The third-order valence-corrected chi connectivity index (χ3v) is 3.99. The number of hydrogen-bond donors (Lipinski definition) is 1. The molecule has 0 unspecified atom stereocenters. The van der Waals surface area contributed by atoms with E-state index in [1.807, 2.05) is 24.3 Å². The highest BCUT2D eigenvalue weighted by molar-refractivity contribution is 5.82. The third-order valence-electron chi connectivity index (χ3n) is 3.99. The zero-order chi connectivity index (χ0) is 13.4. The average Bonchev–Trinajstić information content (AvgIpc) is 3.22. The summed E-state index contributed by atoms with van der Waals surface area (Å²) in [5, 5.41) is 9.11. The summed E-state index contributed by atoms with van der Waals surface area (Å²) >= 11 is 0. The molecule has 1 aromatic rings. The number of rotatable bonds is 3. The van der Waals surface area contributed by atoms with Crippen LogP contribution in [0.1, 0.15) is 36.4 Å². The van der Waals surface area contributed by atoms with E-state index >= 15 is 0 Å². The molecule has 100 valence electrons. The van der Waals surface area contributed by atoms with Gasteiger partial charge in [0.25, 0.3) is 0 Å². The van der Waals surface area contributed by atoms with Crippen LogP contribution < -0.4 is 0 Å². The Balaban J connectivity index is 1.93. The zero-order valence-corrected chi connectivity index (χ0v) is 10.7. The number of fused-ring (bicyclic) bond motifs is 1. The van der Waals surface area contributed by atoms with Gasteiger partial charge in [-0.3, -0.25) is 9.59 Å². The van der Waals surface area contributed by atoms with E-state index in [0.29, 0.717) is 6.54 Å². The maximum absolute atomic E-state index is 12.3. The van der Waals surface area contributed by atoms with E-state index in [0.717, 1.165) is 24.8 Å². The Labute approximate surface area is 112 Å². The fraction of sp³-hybridized carbons (Fsp3) is 0.467. The van der Waals surface area contributed by atoms with Crippen LogP contribution in [-0.2, 0) is 16.0 Å². The van der Waals surface area contributed by atoms with E-state index in [2.05, 4.69) is 0 Å². The van der Waals surface area contributed by atoms with Crippen LogP contribution in [-0.4, -0.2) is 28.4 Å². The number of carboxylic acid groups (broad SMARTS) is 1. The third kappa shape index (κ3) is 2.35. The molecule has 0 radical (unpaired) electrons. The molecule has 1 atom stereocenters. The van der Waals surface area contributed by atoms with Gasteiger partial charge in [-0.2, -0.15) is 0 Å². The highest BCUT2D eigenvalue weighted by Crippen LogP contribution is 2.38. The summed E-state index contributed by atoms with van der Waals surface area (Å²) in [6.45, 7) is 0.643. The molecule has 2 aliphatic rings. The van der Waals surface area contributed by atoms with Crippen LogP contribution in [0, 0.1) is 5.92 Å². The number of hydrogen-bond acceptors (Lipinski definition) is 2. The lowest BCUT2D eigenvalue weighted by atomic mass is 9.90. The van der Waals surface area contributed by atoms with Gasteiger partial charge < -0.3 is 10.0 Å². The Bertz CT molecular complexity index is 522. The van der Waals surface area contributed by atoms with Crippen molar-refractivity contribution in [2.45, 2.75) is 31.7 Å². The lowest BCUT2D eigenvalue weighted by Crippen LogP contribution is -2.41. The van der Waals surface area contributed by atoms with E-state index in [4.69, 9.17) is 5.11 Å². The van der Waals surface area contributed by atoms with Crippen LogP contribution in [0.25, 0.3) is 0 Å². The molecular weight excluding hydrogens is 242 g/mol. The standard InChI is InChI=1S/C15H17NO3/c17-14(18)9-13-12-4-2-1-3-10(12)7-8-16(13)15(19)11-5-6-11/h1-4,11,13H,5-9H2,(H,17,18)/t13-/m0/s1. The number of carboxylic acids is 1. The summed E-state index contributed by atoms with van der Waals surface area (Å²) in [7, 11) is 0. The molecule has 4 heteroatoms. The number of aliphatic carboxylic acids is 1. The average molecular weight is 259 g/mol. The highest BCUT2D eigenvalue weighted by Gasteiger charge is 2.39. The maximum Gasteiger partial charge on any atom is 0.305 e. The Kier molecular flexibility index (Phi) is 3.01. The Morgan fingerprint density at radius 1 is 1.26 bits per heavy atom. The minimum Gasteiger partial charge on any atom is -0.481 e. The molecular formula is C15H17NO3. The van der Waals surface area contributed by atoms with E-state index in [1.165, 1.54) is 5.56 Å². The number of nitrogens with zero attached hydrogens (tertiary/aromatic N) is 1. The first-order valence-corrected chi connectivity index (χ1v) is 6.77. The van der Waals surface area contributed by atoms with Crippen LogP contribution in [0.15, 0.2) is 24.3 Å². The van der Waals surface area contributed by atoms with Gasteiger partial charge in [-0.25, -0.2) is 0 Å². The van der Waals surface area contributed by atoms with Crippen LogP contribution >= 0.6 is 0 Å². The molecule has 0 bridgehead atoms. The van der Waals surface area contributed by atoms with Crippen LogP contribution in [0.4, 0.5) is 0 Å². The van der Waals surface area contributed by atoms with Crippen molar-refractivity contribution in [1.82, 2.24) is 4.90 Å². The topological polar surface area (TPSA) is 57.6 Å². The monoisotopic (exact) mass is 259 g/mol. The van der Waals surface area contributed by atoms with Crippen molar-refractivity contribution in [3.8, 4) is 0 Å². The number of amides is 1. The molecule has 0 spiro atoms. The van der Waals surface area contributed by atoms with Gasteiger partial charge in [0.2, 0.25) is 5.91 Å². The van der Waals surface area contributed by atoms with Crippen molar-refractivity contribution in [1.29, 1.82) is 0 Å². The van der Waals surface area contributed by atoms with E-state index < -0.39 is 5.97 Å². The Hall–Kier alpha value is -1.84. The largest absolute Gasteiger partial charge is 0.481 e. The van der Waals surface area contributed by atoms with E-state index in [9.17, 15) is 9.59 Å². The summed E-state index contributed by atoms with van der Waals surface area (Å²) in [5.41, 5.74) is 2.18. The lowest BCUT2D eigenvalue weighted by molar-refractivity contribution is -0.142. The number of carbonyl (C=O) groups is 2. The van der Waals surface area contributed by atoms with Crippen molar-refractivity contribution in [2.24, 2.45) is 5.92 Å². The predicted molar refractivity (Wildman–Crippen MR) is 69.6 cm³/mol. The van der Waals surface area contributed by atoms with Gasteiger partial charge in [0.1, 0.15) is 0 Å². The molecule has 19 heavy (non-hydrogen) atoms. The summed E-state index contributed by atoms with van der Waals surface area (Å²) in [4.78, 5) is 25.2. The summed E-state index contributed by atoms with van der Waals surface area (Å²) in [6.07, 6.45) is 2.73. The van der Waals surface area contributed by atoms with Crippen LogP contribution in [0.5, 0.6) is 0 Å². The minimum atomic E-state index is -0.852. The quantitative estimate of drug-likeness (QED) is 0.903. The zero-order valence-electron chi connectivity index (χ0n) is 10.7. The Morgan fingerprint density at radius 2 is 2.00 bits per heavy atom. The second-order valence-corrected chi connectivity index (χ2v) is 5.37. The number of benzene rings is 1. The van der Waals surface area contributed by atoms with Gasteiger partial charge in [-0.05, 0) is 30.4 Å². The maximum atomic E-state index is 12.3. The highest BCUT2D eigenvalue weighted by atomic mass is 16.4. The van der Waals surface area contributed by atoms with Gasteiger partial charge >= 0.3 is 5.97 Å². The Morgan fingerprint density at radius 3 is 2.68 bits per heavy atom. The second-order valence-electron chi connectivity index (χ2n) is 5.37. The minimum absolute atomic E-state index is 0.00449. The summed E-state index contributed by atoms with van der Waals surface area (Å²) in [5.74, 6) is -0.572. The first kappa shape index (κ1) is 12.2. The molecule has 4 nitrogen and oxygen atoms in total. The molecule has 1 aromatic carbocycles. The van der Waals surface area contributed by atoms with Crippen molar-refractivity contribution in [3.63, 3.8) is 0 Å². The van der Waals surface area contributed by atoms with Gasteiger partial charge in [0, 0.05) is 12.5 Å². The molecule has 1 heterocycles. The molecule has 0 saturated heterocycles. The fourth-order valence-corrected chi connectivity index (χ4v) is 2.87. The van der Waals surface area contributed by atoms with Crippen LogP contribution in [0.3, 0.4) is 0 Å². The lowest BCUT2D eigenvalue weighted by Gasteiger charge is -2.37. The van der Waals surface area contributed by atoms with Crippen LogP contribution in [0.2, 0.25) is 0 Å². The first-order chi connectivity index (χ1) is 9.16.